The zero-order valence-electron chi connectivity index (χ0n) is 16.5. The van der Waals surface area contributed by atoms with Crippen molar-refractivity contribution in [3.63, 3.8) is 0 Å². The lowest BCUT2D eigenvalue weighted by atomic mass is 10.2. The first-order valence-electron chi connectivity index (χ1n) is 9.63. The number of sulfonamides is 1. The van der Waals surface area contributed by atoms with E-state index >= 15 is 0 Å². The minimum Gasteiger partial charge on any atom is -0.494 e. The van der Waals surface area contributed by atoms with Crippen molar-refractivity contribution < 1.29 is 22.7 Å². The molecule has 1 heterocycles. The molecule has 1 fully saturated rings. The van der Waals surface area contributed by atoms with Crippen LogP contribution in [0.2, 0.25) is 0 Å². The zero-order valence-corrected chi connectivity index (χ0v) is 17.3. The predicted molar refractivity (Wildman–Crippen MR) is 109 cm³/mol. The molecule has 156 valence electrons. The summed E-state index contributed by atoms with van der Waals surface area (Å²) in [6.07, 6.45) is 0. The van der Waals surface area contributed by atoms with Gasteiger partial charge in [0, 0.05) is 19.6 Å². The third kappa shape index (κ3) is 5.56. The normalized spacial score (nSPS) is 14.8. The molecule has 29 heavy (non-hydrogen) atoms. The van der Waals surface area contributed by atoms with Gasteiger partial charge in [0.05, 0.1) is 31.3 Å². The molecule has 2 aromatic carbocycles. The Balaban J connectivity index is 1.84. The van der Waals surface area contributed by atoms with Crippen molar-refractivity contribution in [2.75, 3.05) is 39.5 Å². The Morgan fingerprint density at radius 2 is 1.72 bits per heavy atom. The summed E-state index contributed by atoms with van der Waals surface area (Å²) in [4.78, 5) is 14.5. The highest BCUT2D eigenvalue weighted by Crippen LogP contribution is 2.22. The molecule has 0 radical (unpaired) electrons. The van der Waals surface area contributed by atoms with Gasteiger partial charge < -0.3 is 14.4 Å². The molecule has 1 aliphatic rings. The third-order valence-corrected chi connectivity index (χ3v) is 6.46. The molecule has 0 atom stereocenters. The minimum absolute atomic E-state index is 0.118. The predicted octanol–water partition coefficient (Wildman–Crippen LogP) is 2.13. The van der Waals surface area contributed by atoms with Crippen LogP contribution in [0.4, 0.5) is 0 Å². The van der Waals surface area contributed by atoms with Crippen molar-refractivity contribution >= 4 is 15.9 Å². The SMILES string of the molecule is CCOc1ccc(S(=O)(=O)N(CC(=O)N2CCOCC2)Cc2ccccc2)cc1. The fourth-order valence-corrected chi connectivity index (χ4v) is 4.48. The molecule has 7 nitrogen and oxygen atoms in total. The second-order valence-corrected chi connectivity index (χ2v) is 8.59. The van der Waals surface area contributed by atoms with Gasteiger partial charge in [-0.15, -0.1) is 0 Å². The quantitative estimate of drug-likeness (QED) is 0.657. The Morgan fingerprint density at radius 3 is 2.34 bits per heavy atom. The van der Waals surface area contributed by atoms with Crippen LogP contribution in [0.25, 0.3) is 0 Å². The van der Waals surface area contributed by atoms with Gasteiger partial charge in [-0.3, -0.25) is 4.79 Å². The largest absolute Gasteiger partial charge is 0.494 e. The number of amides is 1. The Bertz CT molecular complexity index is 894. The number of ether oxygens (including phenoxy) is 2. The van der Waals surface area contributed by atoms with Crippen molar-refractivity contribution in [2.45, 2.75) is 18.4 Å². The van der Waals surface area contributed by atoms with Crippen LogP contribution in [0, 0.1) is 0 Å². The third-order valence-electron chi connectivity index (χ3n) is 4.65. The van der Waals surface area contributed by atoms with Gasteiger partial charge in [0.1, 0.15) is 5.75 Å². The van der Waals surface area contributed by atoms with Gasteiger partial charge in [0.25, 0.3) is 0 Å². The molecule has 0 unspecified atom stereocenters. The average molecular weight is 419 g/mol. The highest BCUT2D eigenvalue weighted by molar-refractivity contribution is 7.89. The Labute approximate surface area is 171 Å². The summed E-state index contributed by atoms with van der Waals surface area (Å²) in [5.74, 6) is 0.379. The van der Waals surface area contributed by atoms with Gasteiger partial charge in [-0.05, 0) is 36.8 Å². The van der Waals surface area contributed by atoms with Crippen LogP contribution in [-0.4, -0.2) is 63.0 Å². The molecule has 0 bridgehead atoms. The molecular weight excluding hydrogens is 392 g/mol. The van der Waals surface area contributed by atoms with E-state index in [0.29, 0.717) is 38.7 Å². The monoisotopic (exact) mass is 418 g/mol. The molecule has 0 N–H and O–H groups in total. The molecule has 0 aliphatic carbocycles. The van der Waals surface area contributed by atoms with Gasteiger partial charge in [-0.1, -0.05) is 30.3 Å². The molecule has 1 amide bonds. The van der Waals surface area contributed by atoms with Crippen LogP contribution in [0.5, 0.6) is 5.75 Å². The number of carbonyl (C=O) groups is 1. The molecule has 2 aromatic rings. The van der Waals surface area contributed by atoms with Crippen molar-refractivity contribution in [2.24, 2.45) is 0 Å². The lowest BCUT2D eigenvalue weighted by molar-refractivity contribution is -0.135. The van der Waals surface area contributed by atoms with Crippen LogP contribution in [0.1, 0.15) is 12.5 Å². The average Bonchev–Trinajstić information content (AvgIpc) is 2.75. The Morgan fingerprint density at radius 1 is 1.07 bits per heavy atom. The van der Waals surface area contributed by atoms with Crippen molar-refractivity contribution in [3.8, 4) is 5.75 Å². The van der Waals surface area contributed by atoms with E-state index in [0.717, 1.165) is 5.56 Å². The summed E-state index contributed by atoms with van der Waals surface area (Å²) in [6.45, 7) is 4.15. The maximum Gasteiger partial charge on any atom is 0.243 e. The maximum atomic E-state index is 13.3. The van der Waals surface area contributed by atoms with Crippen LogP contribution in [-0.2, 0) is 26.1 Å². The molecule has 1 saturated heterocycles. The summed E-state index contributed by atoms with van der Waals surface area (Å²) >= 11 is 0. The first-order chi connectivity index (χ1) is 14.0. The fraction of sp³-hybridized carbons (Fsp3) is 0.381. The standard InChI is InChI=1S/C21H26N2O5S/c1-2-28-19-8-10-20(11-9-19)29(25,26)23(16-18-6-4-3-5-7-18)17-21(24)22-12-14-27-15-13-22/h3-11H,2,12-17H2,1H3. The lowest BCUT2D eigenvalue weighted by Crippen LogP contribution is -2.46. The van der Waals surface area contributed by atoms with Gasteiger partial charge >= 0.3 is 0 Å². The topological polar surface area (TPSA) is 76.2 Å². The van der Waals surface area contributed by atoms with E-state index in [2.05, 4.69) is 0 Å². The highest BCUT2D eigenvalue weighted by Gasteiger charge is 2.29. The first-order valence-corrected chi connectivity index (χ1v) is 11.1. The van der Waals surface area contributed by atoms with Crippen LogP contribution in [0.3, 0.4) is 0 Å². The van der Waals surface area contributed by atoms with E-state index < -0.39 is 10.0 Å². The number of nitrogens with zero attached hydrogens (tertiary/aromatic N) is 2. The summed E-state index contributed by atoms with van der Waals surface area (Å²) in [6, 6.07) is 15.5. The molecule has 0 aromatic heterocycles. The molecule has 3 rings (SSSR count). The lowest BCUT2D eigenvalue weighted by Gasteiger charge is -2.29. The van der Waals surface area contributed by atoms with E-state index in [-0.39, 0.29) is 23.9 Å². The minimum atomic E-state index is -3.87. The zero-order chi connectivity index (χ0) is 20.7. The molecule has 8 heteroatoms. The molecule has 1 aliphatic heterocycles. The maximum absolute atomic E-state index is 13.3. The second-order valence-electron chi connectivity index (χ2n) is 6.66. The molecule has 0 saturated carbocycles. The first kappa shape index (κ1) is 21.3. The summed E-state index contributed by atoms with van der Waals surface area (Å²) in [5, 5.41) is 0. The smallest absolute Gasteiger partial charge is 0.243 e. The van der Waals surface area contributed by atoms with Crippen molar-refractivity contribution in [1.29, 1.82) is 0 Å². The van der Waals surface area contributed by atoms with Crippen molar-refractivity contribution in [3.05, 3.63) is 60.2 Å². The van der Waals surface area contributed by atoms with Crippen LogP contribution >= 0.6 is 0 Å². The molecular formula is C21H26N2O5S. The highest BCUT2D eigenvalue weighted by atomic mass is 32.2. The van der Waals surface area contributed by atoms with E-state index in [1.54, 1.807) is 17.0 Å². The Hall–Kier alpha value is -2.42. The number of hydrogen-bond acceptors (Lipinski definition) is 5. The van der Waals surface area contributed by atoms with Gasteiger partial charge in [-0.25, -0.2) is 8.42 Å². The summed E-state index contributed by atoms with van der Waals surface area (Å²) in [7, 11) is -3.87. The fourth-order valence-electron chi connectivity index (χ4n) is 3.10. The second kappa shape index (κ2) is 9.87. The number of carbonyl (C=O) groups excluding carboxylic acids is 1. The summed E-state index contributed by atoms with van der Waals surface area (Å²) < 4.78 is 38.5. The van der Waals surface area contributed by atoms with Crippen LogP contribution in [0.15, 0.2) is 59.5 Å². The van der Waals surface area contributed by atoms with E-state index in [1.807, 2.05) is 37.3 Å². The number of benzene rings is 2. The van der Waals surface area contributed by atoms with E-state index in [4.69, 9.17) is 9.47 Å². The van der Waals surface area contributed by atoms with E-state index in [9.17, 15) is 13.2 Å². The summed E-state index contributed by atoms with van der Waals surface area (Å²) in [5.41, 5.74) is 0.816. The number of rotatable bonds is 8. The van der Waals surface area contributed by atoms with Gasteiger partial charge in [0.15, 0.2) is 0 Å². The van der Waals surface area contributed by atoms with E-state index in [1.165, 1.54) is 16.4 Å². The van der Waals surface area contributed by atoms with Gasteiger partial charge in [0.2, 0.25) is 15.9 Å². The van der Waals surface area contributed by atoms with Crippen LogP contribution < -0.4 is 4.74 Å². The van der Waals surface area contributed by atoms with Crippen molar-refractivity contribution in [1.82, 2.24) is 9.21 Å². The number of morpholine rings is 1. The van der Waals surface area contributed by atoms with Gasteiger partial charge in [-0.2, -0.15) is 4.31 Å². The number of hydrogen-bond donors (Lipinski definition) is 0. The molecule has 0 spiro atoms. The Kier molecular flexibility index (Phi) is 7.24.